The van der Waals surface area contributed by atoms with Crippen LogP contribution in [0.2, 0.25) is 0 Å². The third kappa shape index (κ3) is 4.95. The Morgan fingerprint density at radius 3 is 2.55 bits per heavy atom. The minimum Gasteiger partial charge on any atom is -0.497 e. The molecule has 1 aliphatic heterocycles. The molecule has 0 saturated heterocycles. The maximum Gasteiger partial charge on any atom is 0.325 e. The van der Waals surface area contributed by atoms with E-state index in [-0.39, 0.29) is 18.1 Å². The predicted octanol–water partition coefficient (Wildman–Crippen LogP) is 2.29. The van der Waals surface area contributed by atoms with E-state index in [1.54, 1.807) is 31.4 Å². The molecule has 9 heteroatoms. The number of ketones is 1. The van der Waals surface area contributed by atoms with Gasteiger partial charge in [0.1, 0.15) is 29.0 Å². The molecule has 1 atom stereocenters. The van der Waals surface area contributed by atoms with Crippen LogP contribution in [0.25, 0.3) is 6.08 Å². The molecule has 2 aromatic rings. The highest BCUT2D eigenvalue weighted by molar-refractivity contribution is 6.14. The second-order valence-electron chi connectivity index (χ2n) is 6.62. The van der Waals surface area contributed by atoms with Crippen molar-refractivity contribution in [3.05, 3.63) is 53.3 Å². The van der Waals surface area contributed by atoms with Gasteiger partial charge < -0.3 is 29.4 Å². The number of carboxylic acids is 1. The van der Waals surface area contributed by atoms with E-state index in [1.165, 1.54) is 32.2 Å². The summed E-state index contributed by atoms with van der Waals surface area (Å²) >= 11 is 0. The number of carbonyl (C=O) groups is 3. The Bertz CT molecular complexity index is 1060. The first-order valence-corrected chi connectivity index (χ1v) is 9.27. The second-order valence-corrected chi connectivity index (χ2v) is 6.62. The first-order chi connectivity index (χ1) is 14.8. The summed E-state index contributed by atoms with van der Waals surface area (Å²) in [7, 11) is 3.06. The number of nitrogens with one attached hydrogen (secondary N) is 1. The van der Waals surface area contributed by atoms with Gasteiger partial charge in [0, 0.05) is 17.7 Å². The Morgan fingerprint density at radius 2 is 1.87 bits per heavy atom. The van der Waals surface area contributed by atoms with Crippen LogP contribution in [0.4, 0.5) is 0 Å². The van der Waals surface area contributed by atoms with Gasteiger partial charge in [0.25, 0.3) is 5.91 Å². The van der Waals surface area contributed by atoms with Crippen LogP contribution in [-0.2, 0) is 9.59 Å². The van der Waals surface area contributed by atoms with E-state index in [0.29, 0.717) is 34.1 Å². The van der Waals surface area contributed by atoms with Crippen LogP contribution in [0.5, 0.6) is 23.0 Å². The summed E-state index contributed by atoms with van der Waals surface area (Å²) in [4.78, 5) is 35.2. The largest absolute Gasteiger partial charge is 0.497 e. The molecule has 9 nitrogen and oxygen atoms in total. The lowest BCUT2D eigenvalue weighted by Crippen LogP contribution is -2.40. The second kappa shape index (κ2) is 9.21. The molecule has 0 radical (unpaired) electrons. The Kier molecular flexibility index (Phi) is 6.44. The minimum absolute atomic E-state index is 0.114. The van der Waals surface area contributed by atoms with Crippen LogP contribution in [0.15, 0.2) is 42.2 Å². The fraction of sp³-hybridized carbons (Fsp3) is 0.227. The standard InChI is InChI=1S/C22H21NO8/c1-12(22(26)27)23-20(24)11-30-15-6-7-16-18(10-15)31-19(21(16)25)8-13-4-5-14(28-2)9-17(13)29-3/h4-10,12H,11H2,1-3H3,(H,23,24)(H,26,27)/b19-8-/t12-/m0/s1. The molecule has 0 fully saturated rings. The monoisotopic (exact) mass is 427 g/mol. The van der Waals surface area contributed by atoms with Crippen molar-refractivity contribution >= 4 is 23.7 Å². The van der Waals surface area contributed by atoms with Gasteiger partial charge >= 0.3 is 5.97 Å². The molecule has 0 aromatic heterocycles. The average molecular weight is 427 g/mol. The van der Waals surface area contributed by atoms with E-state index >= 15 is 0 Å². The maximum absolute atomic E-state index is 12.7. The van der Waals surface area contributed by atoms with Crippen molar-refractivity contribution in [2.75, 3.05) is 20.8 Å². The maximum atomic E-state index is 12.7. The summed E-state index contributed by atoms with van der Waals surface area (Å²) in [6.45, 7) is 0.969. The highest BCUT2D eigenvalue weighted by Gasteiger charge is 2.28. The van der Waals surface area contributed by atoms with Crippen molar-refractivity contribution in [2.24, 2.45) is 0 Å². The third-order valence-electron chi connectivity index (χ3n) is 4.49. The summed E-state index contributed by atoms with van der Waals surface area (Å²) in [6, 6.07) is 8.72. The van der Waals surface area contributed by atoms with E-state index in [1.807, 2.05) is 0 Å². The van der Waals surface area contributed by atoms with Gasteiger partial charge in [-0.05, 0) is 37.3 Å². The molecule has 1 heterocycles. The predicted molar refractivity (Wildman–Crippen MR) is 110 cm³/mol. The molecular formula is C22H21NO8. The zero-order valence-electron chi connectivity index (χ0n) is 17.1. The van der Waals surface area contributed by atoms with Crippen molar-refractivity contribution in [1.29, 1.82) is 0 Å². The smallest absolute Gasteiger partial charge is 0.325 e. The Hall–Kier alpha value is -4.01. The number of carbonyl (C=O) groups excluding carboxylic acids is 2. The van der Waals surface area contributed by atoms with Crippen LogP contribution in [0.3, 0.4) is 0 Å². The van der Waals surface area contributed by atoms with Gasteiger partial charge in [-0.2, -0.15) is 0 Å². The molecule has 2 N–H and O–H groups in total. The summed E-state index contributed by atoms with van der Waals surface area (Å²) in [5, 5.41) is 11.1. The van der Waals surface area contributed by atoms with Crippen LogP contribution in [-0.4, -0.2) is 49.6 Å². The molecule has 1 amide bonds. The third-order valence-corrected chi connectivity index (χ3v) is 4.49. The van der Waals surface area contributed by atoms with Gasteiger partial charge in [0.2, 0.25) is 5.78 Å². The van der Waals surface area contributed by atoms with Gasteiger partial charge in [-0.15, -0.1) is 0 Å². The molecule has 0 bridgehead atoms. The Balaban J connectivity index is 1.72. The molecule has 162 valence electrons. The molecule has 0 unspecified atom stereocenters. The van der Waals surface area contributed by atoms with Gasteiger partial charge in [0.15, 0.2) is 12.4 Å². The highest BCUT2D eigenvalue weighted by Crippen LogP contribution is 2.36. The fourth-order valence-electron chi connectivity index (χ4n) is 2.83. The minimum atomic E-state index is -1.15. The summed E-state index contributed by atoms with van der Waals surface area (Å²) < 4.78 is 21.6. The topological polar surface area (TPSA) is 120 Å². The normalized spacial score (nSPS) is 14.4. The number of hydrogen-bond acceptors (Lipinski definition) is 7. The number of Topliss-reactive ketones (excluding diaryl/α,β-unsaturated/α-hetero) is 1. The number of carboxylic acid groups (broad SMARTS) is 1. The first kappa shape index (κ1) is 21.7. The van der Waals surface area contributed by atoms with Gasteiger partial charge in [-0.3, -0.25) is 14.4 Å². The van der Waals surface area contributed by atoms with Crippen molar-refractivity contribution in [3.63, 3.8) is 0 Å². The average Bonchev–Trinajstić information content (AvgIpc) is 3.07. The number of rotatable bonds is 8. The van der Waals surface area contributed by atoms with E-state index in [0.717, 1.165) is 0 Å². The van der Waals surface area contributed by atoms with Crippen LogP contribution < -0.4 is 24.3 Å². The van der Waals surface area contributed by atoms with E-state index in [9.17, 15) is 14.4 Å². The van der Waals surface area contributed by atoms with Crippen LogP contribution >= 0.6 is 0 Å². The number of hydrogen-bond donors (Lipinski definition) is 2. The number of aliphatic carboxylic acids is 1. The summed E-state index contributed by atoms with van der Waals surface area (Å²) in [5.74, 6) is -0.191. The quantitative estimate of drug-likeness (QED) is 0.616. The SMILES string of the molecule is COc1ccc(/C=C2\Oc3cc(OCC(=O)N[C@@H](C)C(=O)O)ccc3C2=O)c(OC)c1. The number of fused-ring (bicyclic) bond motifs is 1. The lowest BCUT2D eigenvalue weighted by atomic mass is 10.1. The molecular weight excluding hydrogens is 406 g/mol. The van der Waals surface area contributed by atoms with Crippen molar-refractivity contribution in [3.8, 4) is 23.0 Å². The molecule has 31 heavy (non-hydrogen) atoms. The number of benzene rings is 2. The van der Waals surface area contributed by atoms with Crippen molar-refractivity contribution < 1.29 is 38.4 Å². The zero-order valence-corrected chi connectivity index (χ0v) is 17.1. The molecule has 1 aliphatic rings. The van der Waals surface area contributed by atoms with E-state index in [2.05, 4.69) is 5.32 Å². The van der Waals surface area contributed by atoms with E-state index < -0.39 is 17.9 Å². The lowest BCUT2D eigenvalue weighted by Gasteiger charge is -2.10. The molecule has 3 rings (SSSR count). The van der Waals surface area contributed by atoms with E-state index in [4.69, 9.17) is 24.1 Å². The van der Waals surface area contributed by atoms with Crippen LogP contribution in [0.1, 0.15) is 22.8 Å². The fourth-order valence-corrected chi connectivity index (χ4v) is 2.83. The Labute approximate surface area is 178 Å². The van der Waals surface area contributed by atoms with Gasteiger partial charge in [-0.1, -0.05) is 0 Å². The molecule has 2 aromatic carbocycles. The lowest BCUT2D eigenvalue weighted by molar-refractivity contribution is -0.141. The zero-order chi connectivity index (χ0) is 22.5. The Morgan fingerprint density at radius 1 is 1.13 bits per heavy atom. The number of amides is 1. The summed E-state index contributed by atoms with van der Waals surface area (Å²) in [5.41, 5.74) is 0.996. The van der Waals surface area contributed by atoms with Gasteiger partial charge in [0.05, 0.1) is 19.8 Å². The molecule has 0 saturated carbocycles. The van der Waals surface area contributed by atoms with Gasteiger partial charge in [-0.25, -0.2) is 0 Å². The van der Waals surface area contributed by atoms with Crippen LogP contribution in [0, 0.1) is 0 Å². The molecule has 0 spiro atoms. The van der Waals surface area contributed by atoms with Crippen molar-refractivity contribution in [2.45, 2.75) is 13.0 Å². The van der Waals surface area contributed by atoms with Crippen molar-refractivity contribution in [1.82, 2.24) is 5.32 Å². The first-order valence-electron chi connectivity index (χ1n) is 9.27. The molecule has 0 aliphatic carbocycles. The summed E-state index contributed by atoms with van der Waals surface area (Å²) in [6.07, 6.45) is 1.57. The number of methoxy groups -OCH3 is 2. The number of allylic oxidation sites excluding steroid dienone is 1. The number of ether oxygens (including phenoxy) is 4. The highest BCUT2D eigenvalue weighted by atomic mass is 16.5.